The number of carbonyl (C=O) groups is 4. The molecule has 10 nitrogen and oxygen atoms in total. The summed E-state index contributed by atoms with van der Waals surface area (Å²) in [5, 5.41) is 15.6. The third kappa shape index (κ3) is 5.19. The molecule has 2 aromatic heterocycles. The van der Waals surface area contributed by atoms with Gasteiger partial charge in [-0.05, 0) is 31.9 Å². The van der Waals surface area contributed by atoms with E-state index < -0.39 is 23.8 Å². The lowest BCUT2D eigenvalue weighted by Gasteiger charge is -2.08. The van der Waals surface area contributed by atoms with E-state index in [4.69, 9.17) is 14.6 Å². The molecular weight excluding hydrogens is 402 g/mol. The van der Waals surface area contributed by atoms with Gasteiger partial charge in [-0.2, -0.15) is 5.10 Å². The third-order valence-electron chi connectivity index (χ3n) is 3.73. The molecule has 0 saturated carbocycles. The zero-order valence-electron chi connectivity index (χ0n) is 16.2. The number of nitrogens with one attached hydrogen (secondary N) is 1. The van der Waals surface area contributed by atoms with Crippen molar-refractivity contribution in [2.24, 2.45) is 0 Å². The maximum atomic E-state index is 12.5. The number of thiophene rings is 1. The zero-order valence-corrected chi connectivity index (χ0v) is 17.0. The summed E-state index contributed by atoms with van der Waals surface area (Å²) in [5.74, 6) is -3.12. The molecule has 0 radical (unpaired) electrons. The zero-order chi connectivity index (χ0) is 21.6. The van der Waals surface area contributed by atoms with Gasteiger partial charge in [0, 0.05) is 6.20 Å². The Hall–Kier alpha value is -3.21. The number of anilines is 1. The molecule has 29 heavy (non-hydrogen) atoms. The van der Waals surface area contributed by atoms with Crippen LogP contribution in [0.25, 0.3) is 0 Å². The van der Waals surface area contributed by atoms with Crippen molar-refractivity contribution < 1.29 is 33.8 Å². The minimum atomic E-state index is -1.23. The molecule has 11 heteroatoms. The molecule has 0 atom stereocenters. The average molecular weight is 423 g/mol. The van der Waals surface area contributed by atoms with Crippen molar-refractivity contribution in [1.29, 1.82) is 0 Å². The summed E-state index contributed by atoms with van der Waals surface area (Å²) in [5.41, 5.74) is 0.256. The van der Waals surface area contributed by atoms with Gasteiger partial charge in [-0.1, -0.05) is 6.92 Å². The smallest absolute Gasteiger partial charge is 0.354 e. The molecule has 0 aliphatic heterocycles. The molecule has 2 rings (SSSR count). The molecule has 0 unspecified atom stereocenters. The second kappa shape index (κ2) is 9.82. The van der Waals surface area contributed by atoms with E-state index in [0.29, 0.717) is 12.0 Å². The van der Waals surface area contributed by atoms with E-state index in [1.807, 2.05) is 6.92 Å². The molecule has 2 heterocycles. The molecule has 0 spiro atoms. The molecule has 0 aliphatic rings. The SMILES string of the molecule is CCCOC(=O)c1c(NC(=O)Cn2nccc2C(=O)O)sc(C(=O)OCC)c1C. The highest BCUT2D eigenvalue weighted by Crippen LogP contribution is 2.34. The fourth-order valence-electron chi connectivity index (χ4n) is 2.45. The highest BCUT2D eigenvalue weighted by atomic mass is 32.1. The lowest BCUT2D eigenvalue weighted by Crippen LogP contribution is -2.23. The Morgan fingerprint density at radius 1 is 1.21 bits per heavy atom. The normalized spacial score (nSPS) is 10.4. The minimum absolute atomic E-state index is 0.0683. The van der Waals surface area contributed by atoms with Gasteiger partial charge in [0.1, 0.15) is 22.1 Å². The van der Waals surface area contributed by atoms with Gasteiger partial charge in [0.05, 0.1) is 18.8 Å². The summed E-state index contributed by atoms with van der Waals surface area (Å²) < 4.78 is 11.2. The quantitative estimate of drug-likeness (QED) is 0.586. The number of aromatic carboxylic acids is 1. The van der Waals surface area contributed by atoms with Gasteiger partial charge < -0.3 is 19.9 Å². The van der Waals surface area contributed by atoms with Crippen LogP contribution in [0.15, 0.2) is 12.3 Å². The van der Waals surface area contributed by atoms with Gasteiger partial charge in [-0.25, -0.2) is 19.1 Å². The second-order valence-electron chi connectivity index (χ2n) is 5.84. The van der Waals surface area contributed by atoms with Crippen LogP contribution in [-0.2, 0) is 20.8 Å². The summed E-state index contributed by atoms with van der Waals surface area (Å²) in [6.45, 7) is 5.02. The molecule has 0 bridgehead atoms. The van der Waals surface area contributed by atoms with Crippen LogP contribution in [-0.4, -0.2) is 51.9 Å². The Balaban J connectivity index is 2.31. The topological polar surface area (TPSA) is 137 Å². The molecule has 1 amide bonds. The van der Waals surface area contributed by atoms with Gasteiger partial charge in [0.15, 0.2) is 0 Å². The van der Waals surface area contributed by atoms with Crippen LogP contribution in [0, 0.1) is 6.92 Å². The highest BCUT2D eigenvalue weighted by molar-refractivity contribution is 7.18. The molecule has 2 aromatic rings. The van der Waals surface area contributed by atoms with Gasteiger partial charge >= 0.3 is 17.9 Å². The first-order chi connectivity index (χ1) is 13.8. The molecule has 0 fully saturated rings. The van der Waals surface area contributed by atoms with E-state index >= 15 is 0 Å². The van der Waals surface area contributed by atoms with Crippen molar-refractivity contribution >= 4 is 40.2 Å². The molecular formula is C18H21N3O7S. The summed E-state index contributed by atoms with van der Waals surface area (Å²) in [6.07, 6.45) is 1.87. The number of rotatable bonds is 9. The van der Waals surface area contributed by atoms with Crippen LogP contribution >= 0.6 is 11.3 Å². The van der Waals surface area contributed by atoms with E-state index in [1.165, 1.54) is 12.3 Å². The van der Waals surface area contributed by atoms with Gasteiger partial charge in [0.25, 0.3) is 0 Å². The number of esters is 2. The predicted molar refractivity (Wildman–Crippen MR) is 103 cm³/mol. The number of aromatic nitrogens is 2. The second-order valence-corrected chi connectivity index (χ2v) is 6.86. The molecule has 2 N–H and O–H groups in total. The summed E-state index contributed by atoms with van der Waals surface area (Å²) >= 11 is 0.894. The Labute approximate surface area is 170 Å². The fourth-order valence-corrected chi connectivity index (χ4v) is 3.55. The van der Waals surface area contributed by atoms with Gasteiger partial charge in [-0.15, -0.1) is 11.3 Å². The largest absolute Gasteiger partial charge is 0.477 e. The molecule has 0 aliphatic carbocycles. The number of hydrogen-bond acceptors (Lipinski definition) is 8. The number of ether oxygens (including phenoxy) is 2. The first kappa shape index (κ1) is 22.1. The number of carboxylic acid groups (broad SMARTS) is 1. The van der Waals surface area contributed by atoms with Gasteiger partial charge in [0.2, 0.25) is 5.91 Å². The van der Waals surface area contributed by atoms with Crippen molar-refractivity contribution in [2.75, 3.05) is 18.5 Å². The van der Waals surface area contributed by atoms with Crippen molar-refractivity contribution in [3.05, 3.63) is 34.0 Å². The summed E-state index contributed by atoms with van der Waals surface area (Å²) in [7, 11) is 0. The van der Waals surface area contributed by atoms with Crippen molar-refractivity contribution in [1.82, 2.24) is 9.78 Å². The first-order valence-electron chi connectivity index (χ1n) is 8.82. The Kier molecular flexibility index (Phi) is 7.48. The Morgan fingerprint density at radius 3 is 2.55 bits per heavy atom. The third-order valence-corrected chi connectivity index (χ3v) is 4.92. The highest BCUT2D eigenvalue weighted by Gasteiger charge is 2.27. The summed E-state index contributed by atoms with van der Waals surface area (Å²) in [6, 6.07) is 1.26. The van der Waals surface area contributed by atoms with Crippen molar-refractivity contribution in [2.45, 2.75) is 33.7 Å². The number of hydrogen-bond donors (Lipinski definition) is 2. The van der Waals surface area contributed by atoms with E-state index in [-0.39, 0.29) is 40.9 Å². The summed E-state index contributed by atoms with van der Waals surface area (Å²) in [4.78, 5) is 48.4. The molecule has 0 saturated heterocycles. The lowest BCUT2D eigenvalue weighted by atomic mass is 10.1. The number of carbonyl (C=O) groups excluding carboxylic acids is 3. The maximum Gasteiger partial charge on any atom is 0.354 e. The van der Waals surface area contributed by atoms with Crippen LogP contribution in [0.5, 0.6) is 0 Å². The van der Waals surface area contributed by atoms with Crippen LogP contribution in [0.1, 0.15) is 56.3 Å². The number of nitrogens with zero attached hydrogens (tertiary/aromatic N) is 2. The molecule has 0 aromatic carbocycles. The van der Waals surface area contributed by atoms with E-state index in [0.717, 1.165) is 16.0 Å². The Morgan fingerprint density at radius 2 is 1.93 bits per heavy atom. The standard InChI is InChI=1S/C18H21N3O7S/c1-4-8-28-17(25)13-10(3)14(18(26)27-5-2)29-15(13)20-12(22)9-21-11(16(23)24)6-7-19-21/h6-7H,4-5,8-9H2,1-3H3,(H,20,22)(H,23,24). The van der Waals surface area contributed by atoms with Crippen LogP contribution in [0.4, 0.5) is 5.00 Å². The average Bonchev–Trinajstić information content (AvgIpc) is 3.24. The number of amides is 1. The number of carboxylic acids is 1. The van der Waals surface area contributed by atoms with Gasteiger partial charge in [-0.3, -0.25) is 4.79 Å². The van der Waals surface area contributed by atoms with Crippen molar-refractivity contribution in [3.63, 3.8) is 0 Å². The molecule has 156 valence electrons. The maximum absolute atomic E-state index is 12.5. The van der Waals surface area contributed by atoms with E-state index in [9.17, 15) is 19.2 Å². The Bertz CT molecular complexity index is 932. The first-order valence-corrected chi connectivity index (χ1v) is 9.64. The van der Waals surface area contributed by atoms with Crippen LogP contribution in [0.2, 0.25) is 0 Å². The monoisotopic (exact) mass is 423 g/mol. The van der Waals surface area contributed by atoms with Crippen LogP contribution < -0.4 is 5.32 Å². The van der Waals surface area contributed by atoms with Crippen molar-refractivity contribution in [3.8, 4) is 0 Å². The van der Waals surface area contributed by atoms with E-state index in [2.05, 4.69) is 10.4 Å². The van der Waals surface area contributed by atoms with E-state index in [1.54, 1.807) is 13.8 Å². The minimum Gasteiger partial charge on any atom is -0.477 e. The lowest BCUT2D eigenvalue weighted by molar-refractivity contribution is -0.116. The fraction of sp³-hybridized carbons (Fsp3) is 0.389. The van der Waals surface area contributed by atoms with Crippen LogP contribution in [0.3, 0.4) is 0 Å². The predicted octanol–water partition coefficient (Wildman–Crippen LogP) is 2.33.